The highest BCUT2D eigenvalue weighted by Gasteiger charge is 2.18. The summed E-state index contributed by atoms with van der Waals surface area (Å²) in [5.74, 6) is -0.626. The summed E-state index contributed by atoms with van der Waals surface area (Å²) in [6.07, 6.45) is 0. The molecule has 0 aliphatic rings. The van der Waals surface area contributed by atoms with Gasteiger partial charge < -0.3 is 15.2 Å². The zero-order valence-corrected chi connectivity index (χ0v) is 12.1. The number of methoxy groups -OCH3 is 1. The first-order valence-electron chi connectivity index (χ1n) is 6.06. The maximum Gasteiger partial charge on any atom is 0.241 e. The Hall–Kier alpha value is -1.06. The third-order valence-electron chi connectivity index (χ3n) is 2.51. The summed E-state index contributed by atoms with van der Waals surface area (Å²) < 4.78 is 49.5. The van der Waals surface area contributed by atoms with E-state index in [1.165, 1.54) is 12.1 Å². The van der Waals surface area contributed by atoms with E-state index < -0.39 is 15.8 Å². The lowest BCUT2D eigenvalue weighted by Crippen LogP contribution is -2.29. The maximum atomic E-state index is 13.2. The van der Waals surface area contributed by atoms with Gasteiger partial charge in [0.15, 0.2) is 0 Å². The van der Waals surface area contributed by atoms with Crippen LogP contribution in [0.4, 0.5) is 4.39 Å². The summed E-state index contributed by atoms with van der Waals surface area (Å²) in [4.78, 5) is -0.142. The molecule has 3 N–H and O–H groups in total. The molecule has 20 heavy (non-hydrogen) atoms. The van der Waals surface area contributed by atoms with E-state index in [1.54, 1.807) is 7.11 Å². The van der Waals surface area contributed by atoms with Gasteiger partial charge in [-0.05, 0) is 17.7 Å². The van der Waals surface area contributed by atoms with Crippen molar-refractivity contribution in [3.05, 3.63) is 29.6 Å². The fourth-order valence-corrected chi connectivity index (χ4v) is 2.79. The van der Waals surface area contributed by atoms with Gasteiger partial charge >= 0.3 is 0 Å². The van der Waals surface area contributed by atoms with Crippen LogP contribution in [0.5, 0.6) is 0 Å². The fourth-order valence-electron chi connectivity index (χ4n) is 1.52. The standard InChI is InChI=1S/C12H19FN2O4S/c1-18-6-7-19-5-4-15-20(16,17)12-8-11(13)3-2-10(12)9-14/h2-3,8,15H,4-7,9,14H2,1H3. The van der Waals surface area contributed by atoms with Gasteiger partial charge in [0.05, 0.1) is 24.7 Å². The van der Waals surface area contributed by atoms with Crippen LogP contribution >= 0.6 is 0 Å². The molecule has 0 fully saturated rings. The van der Waals surface area contributed by atoms with E-state index in [-0.39, 0.29) is 24.6 Å². The van der Waals surface area contributed by atoms with Crippen LogP contribution < -0.4 is 10.5 Å². The second kappa shape index (κ2) is 8.28. The van der Waals surface area contributed by atoms with Crippen molar-refractivity contribution in [2.45, 2.75) is 11.4 Å². The zero-order valence-electron chi connectivity index (χ0n) is 11.3. The van der Waals surface area contributed by atoms with Gasteiger partial charge in [0.2, 0.25) is 10.0 Å². The first-order chi connectivity index (χ1) is 9.51. The van der Waals surface area contributed by atoms with E-state index in [1.807, 2.05) is 0 Å². The third kappa shape index (κ3) is 5.14. The van der Waals surface area contributed by atoms with Crippen LogP contribution in [0, 0.1) is 5.82 Å². The number of ether oxygens (including phenoxy) is 2. The Kier molecular flexibility index (Phi) is 7.03. The number of halogens is 1. The lowest BCUT2D eigenvalue weighted by molar-refractivity contribution is 0.0736. The van der Waals surface area contributed by atoms with Gasteiger partial charge in [0.25, 0.3) is 0 Å². The number of sulfonamides is 1. The average Bonchev–Trinajstić information content (AvgIpc) is 2.42. The van der Waals surface area contributed by atoms with Gasteiger partial charge in [0, 0.05) is 20.2 Å². The molecule has 6 nitrogen and oxygen atoms in total. The molecular weight excluding hydrogens is 287 g/mol. The molecule has 1 rings (SSSR count). The second-order valence-corrected chi connectivity index (χ2v) is 5.69. The lowest BCUT2D eigenvalue weighted by atomic mass is 10.2. The van der Waals surface area contributed by atoms with Crippen LogP contribution in [0.2, 0.25) is 0 Å². The van der Waals surface area contributed by atoms with Crippen molar-refractivity contribution in [3.8, 4) is 0 Å². The molecule has 0 spiro atoms. The average molecular weight is 306 g/mol. The Labute approximate surface area is 118 Å². The smallest absolute Gasteiger partial charge is 0.241 e. The van der Waals surface area contributed by atoms with Gasteiger partial charge in [-0.2, -0.15) is 0 Å². The van der Waals surface area contributed by atoms with Crippen LogP contribution in [0.15, 0.2) is 23.1 Å². The van der Waals surface area contributed by atoms with Crippen LogP contribution in [-0.4, -0.2) is 41.9 Å². The molecule has 0 aliphatic carbocycles. The predicted octanol–water partition coefficient (Wildman–Crippen LogP) is 0.226. The quantitative estimate of drug-likeness (QED) is 0.637. The maximum absolute atomic E-state index is 13.2. The van der Waals surface area contributed by atoms with Crippen LogP contribution in [0.3, 0.4) is 0 Å². The molecule has 1 aromatic carbocycles. The van der Waals surface area contributed by atoms with Crippen LogP contribution in [0.1, 0.15) is 5.56 Å². The van der Waals surface area contributed by atoms with Crippen molar-refractivity contribution >= 4 is 10.0 Å². The summed E-state index contributed by atoms with van der Waals surface area (Å²) in [6, 6.07) is 3.49. The lowest BCUT2D eigenvalue weighted by Gasteiger charge is -2.11. The highest BCUT2D eigenvalue weighted by atomic mass is 32.2. The summed E-state index contributed by atoms with van der Waals surface area (Å²) in [6.45, 7) is 1.13. The van der Waals surface area contributed by atoms with Crippen molar-refractivity contribution in [2.24, 2.45) is 5.73 Å². The highest BCUT2D eigenvalue weighted by molar-refractivity contribution is 7.89. The molecule has 0 aromatic heterocycles. The molecule has 0 saturated carbocycles. The Morgan fingerprint density at radius 2 is 2.05 bits per heavy atom. The van der Waals surface area contributed by atoms with Crippen LogP contribution in [-0.2, 0) is 26.0 Å². The predicted molar refractivity (Wildman–Crippen MR) is 72.2 cm³/mol. The van der Waals surface area contributed by atoms with E-state index in [0.29, 0.717) is 18.8 Å². The van der Waals surface area contributed by atoms with Gasteiger partial charge in [-0.25, -0.2) is 17.5 Å². The third-order valence-corrected chi connectivity index (χ3v) is 4.05. The second-order valence-electron chi connectivity index (χ2n) is 3.96. The molecule has 114 valence electrons. The molecule has 1 aromatic rings. The molecule has 0 bridgehead atoms. The number of nitrogens with one attached hydrogen (secondary N) is 1. The number of nitrogens with two attached hydrogens (primary N) is 1. The van der Waals surface area contributed by atoms with Crippen molar-refractivity contribution in [1.82, 2.24) is 4.72 Å². The van der Waals surface area contributed by atoms with Crippen molar-refractivity contribution in [3.63, 3.8) is 0 Å². The summed E-state index contributed by atoms with van der Waals surface area (Å²) in [5, 5.41) is 0. The zero-order chi connectivity index (χ0) is 15.0. The van der Waals surface area contributed by atoms with Crippen molar-refractivity contribution in [1.29, 1.82) is 0 Å². The highest BCUT2D eigenvalue weighted by Crippen LogP contribution is 2.16. The first kappa shape index (κ1) is 17.0. The van der Waals surface area contributed by atoms with E-state index in [0.717, 1.165) is 6.07 Å². The Morgan fingerprint density at radius 1 is 1.30 bits per heavy atom. The fraction of sp³-hybridized carbons (Fsp3) is 0.500. The SMILES string of the molecule is COCCOCCNS(=O)(=O)c1cc(F)ccc1CN. The largest absolute Gasteiger partial charge is 0.382 e. The van der Waals surface area contributed by atoms with E-state index in [9.17, 15) is 12.8 Å². The molecule has 0 aliphatic heterocycles. The summed E-state index contributed by atoms with van der Waals surface area (Å²) in [7, 11) is -2.25. The number of hydrogen-bond acceptors (Lipinski definition) is 5. The van der Waals surface area contributed by atoms with Gasteiger partial charge in [0.1, 0.15) is 5.82 Å². The summed E-state index contributed by atoms with van der Waals surface area (Å²) in [5.41, 5.74) is 5.81. The monoisotopic (exact) mass is 306 g/mol. The Morgan fingerprint density at radius 3 is 2.70 bits per heavy atom. The van der Waals surface area contributed by atoms with Gasteiger partial charge in [-0.3, -0.25) is 0 Å². The minimum Gasteiger partial charge on any atom is -0.382 e. The minimum atomic E-state index is -3.80. The van der Waals surface area contributed by atoms with E-state index >= 15 is 0 Å². The topological polar surface area (TPSA) is 90.6 Å². The molecule has 0 atom stereocenters. The first-order valence-corrected chi connectivity index (χ1v) is 7.54. The molecule has 8 heteroatoms. The molecule has 0 amide bonds. The van der Waals surface area contributed by atoms with Gasteiger partial charge in [-0.1, -0.05) is 6.07 Å². The van der Waals surface area contributed by atoms with Crippen LogP contribution in [0.25, 0.3) is 0 Å². The molecule has 0 radical (unpaired) electrons. The molecule has 0 heterocycles. The van der Waals surface area contributed by atoms with E-state index in [2.05, 4.69) is 4.72 Å². The van der Waals surface area contributed by atoms with Crippen molar-refractivity contribution in [2.75, 3.05) is 33.5 Å². The Balaban J connectivity index is 2.62. The Bertz CT molecular complexity index is 522. The number of benzene rings is 1. The minimum absolute atomic E-state index is 0.0147. The van der Waals surface area contributed by atoms with Crippen molar-refractivity contribution < 1.29 is 22.3 Å². The van der Waals surface area contributed by atoms with E-state index in [4.69, 9.17) is 15.2 Å². The molecule has 0 saturated heterocycles. The normalized spacial score (nSPS) is 11.8. The molecular formula is C12H19FN2O4S. The molecule has 0 unspecified atom stereocenters. The summed E-state index contributed by atoms with van der Waals surface area (Å²) >= 11 is 0. The number of hydrogen-bond donors (Lipinski definition) is 2. The number of rotatable bonds is 9. The van der Waals surface area contributed by atoms with Gasteiger partial charge in [-0.15, -0.1) is 0 Å².